The number of hydrogen-bond donors (Lipinski definition) is 1. The normalized spacial score (nSPS) is 10.1. The van der Waals surface area contributed by atoms with E-state index in [0.29, 0.717) is 30.8 Å². The zero-order valence-electron chi connectivity index (χ0n) is 13.6. The molecule has 0 aliphatic heterocycles. The molecule has 0 aromatic heterocycles. The molecule has 21 heavy (non-hydrogen) atoms. The Labute approximate surface area is 126 Å². The molecule has 1 aromatic rings. The van der Waals surface area contributed by atoms with Gasteiger partial charge in [-0.25, -0.2) is 0 Å². The smallest absolute Gasteiger partial charge is 0.256 e. The maximum absolute atomic E-state index is 12.6. The fourth-order valence-electron chi connectivity index (χ4n) is 2.11. The number of anilines is 2. The van der Waals surface area contributed by atoms with Gasteiger partial charge in [-0.2, -0.15) is 0 Å². The van der Waals surface area contributed by atoms with E-state index < -0.39 is 0 Å². The van der Waals surface area contributed by atoms with Gasteiger partial charge >= 0.3 is 0 Å². The number of benzene rings is 1. The summed E-state index contributed by atoms with van der Waals surface area (Å²) in [5.74, 6) is -0.0786. The number of amides is 2. The van der Waals surface area contributed by atoms with Crippen molar-refractivity contribution < 1.29 is 9.59 Å². The maximum atomic E-state index is 12.6. The molecule has 0 aliphatic carbocycles. The summed E-state index contributed by atoms with van der Waals surface area (Å²) in [5.41, 5.74) is 2.11. The van der Waals surface area contributed by atoms with Gasteiger partial charge in [0.2, 0.25) is 5.91 Å². The third-order valence-corrected chi connectivity index (χ3v) is 3.36. The van der Waals surface area contributed by atoms with Crippen molar-refractivity contribution in [2.75, 3.05) is 37.4 Å². The van der Waals surface area contributed by atoms with E-state index in [9.17, 15) is 9.59 Å². The van der Waals surface area contributed by atoms with Crippen LogP contribution in [0.3, 0.4) is 0 Å². The van der Waals surface area contributed by atoms with E-state index in [1.165, 1.54) is 0 Å². The Morgan fingerprint density at radius 2 is 1.71 bits per heavy atom. The highest BCUT2D eigenvalue weighted by Gasteiger charge is 2.18. The second kappa shape index (κ2) is 7.67. The van der Waals surface area contributed by atoms with Gasteiger partial charge in [0.25, 0.3) is 5.91 Å². The van der Waals surface area contributed by atoms with Crippen LogP contribution in [0, 0.1) is 0 Å². The summed E-state index contributed by atoms with van der Waals surface area (Å²) in [4.78, 5) is 27.8. The van der Waals surface area contributed by atoms with Crippen LogP contribution in [0.4, 0.5) is 11.4 Å². The Hall–Kier alpha value is -2.04. The van der Waals surface area contributed by atoms with Gasteiger partial charge in [0, 0.05) is 45.0 Å². The zero-order chi connectivity index (χ0) is 16.0. The molecule has 0 unspecified atom stereocenters. The largest absolute Gasteiger partial charge is 0.377 e. The monoisotopic (exact) mass is 291 g/mol. The Bertz CT molecular complexity index is 508. The summed E-state index contributed by atoms with van der Waals surface area (Å²) in [6, 6.07) is 5.44. The van der Waals surface area contributed by atoms with Gasteiger partial charge in [0.15, 0.2) is 0 Å². The van der Waals surface area contributed by atoms with E-state index in [2.05, 4.69) is 5.32 Å². The number of carbonyl (C=O) groups excluding carboxylic acids is 2. The average Bonchev–Trinajstić information content (AvgIpc) is 2.47. The minimum Gasteiger partial charge on any atom is -0.377 e. The first-order chi connectivity index (χ1) is 9.94. The third kappa shape index (κ3) is 4.21. The Kier molecular flexibility index (Phi) is 6.21. The van der Waals surface area contributed by atoms with Crippen molar-refractivity contribution in [3.05, 3.63) is 23.8 Å². The topological polar surface area (TPSA) is 52.7 Å². The molecule has 5 heteroatoms. The van der Waals surface area contributed by atoms with Crippen LogP contribution in [0.5, 0.6) is 0 Å². The second-order valence-electron chi connectivity index (χ2n) is 5.01. The number of hydrogen-bond acceptors (Lipinski definition) is 3. The molecule has 1 rings (SSSR count). The summed E-state index contributed by atoms with van der Waals surface area (Å²) < 4.78 is 0. The lowest BCUT2D eigenvalue weighted by Gasteiger charge is -2.23. The zero-order valence-corrected chi connectivity index (χ0v) is 13.6. The first kappa shape index (κ1) is 17.0. The van der Waals surface area contributed by atoms with Crippen LogP contribution in [-0.4, -0.2) is 43.9 Å². The van der Waals surface area contributed by atoms with Crippen LogP contribution in [0.15, 0.2) is 18.2 Å². The lowest BCUT2D eigenvalue weighted by Crippen LogP contribution is -2.31. The SMILES string of the molecule is CCC(=O)Nc1ccc(N(C)C)c(C(=O)N(CC)CC)c1. The molecule has 0 spiro atoms. The van der Waals surface area contributed by atoms with E-state index in [1.807, 2.05) is 45.0 Å². The van der Waals surface area contributed by atoms with Crippen LogP contribution >= 0.6 is 0 Å². The molecule has 1 aromatic carbocycles. The Balaban J connectivity index is 3.21. The lowest BCUT2D eigenvalue weighted by atomic mass is 10.1. The molecular formula is C16H25N3O2. The summed E-state index contributed by atoms with van der Waals surface area (Å²) >= 11 is 0. The van der Waals surface area contributed by atoms with Crippen molar-refractivity contribution in [2.24, 2.45) is 0 Å². The van der Waals surface area contributed by atoms with E-state index in [4.69, 9.17) is 0 Å². The van der Waals surface area contributed by atoms with Crippen LogP contribution in [0.1, 0.15) is 37.6 Å². The van der Waals surface area contributed by atoms with E-state index >= 15 is 0 Å². The Morgan fingerprint density at radius 1 is 1.10 bits per heavy atom. The number of nitrogens with zero attached hydrogens (tertiary/aromatic N) is 2. The fraction of sp³-hybridized carbons (Fsp3) is 0.500. The third-order valence-electron chi connectivity index (χ3n) is 3.36. The molecule has 0 heterocycles. The van der Waals surface area contributed by atoms with Crippen molar-refractivity contribution in [3.63, 3.8) is 0 Å². The van der Waals surface area contributed by atoms with Gasteiger partial charge in [0.1, 0.15) is 0 Å². The van der Waals surface area contributed by atoms with Gasteiger partial charge in [-0.3, -0.25) is 9.59 Å². The molecule has 2 amide bonds. The maximum Gasteiger partial charge on any atom is 0.256 e. The van der Waals surface area contributed by atoms with Gasteiger partial charge in [-0.1, -0.05) is 6.92 Å². The second-order valence-corrected chi connectivity index (χ2v) is 5.01. The highest BCUT2D eigenvalue weighted by Crippen LogP contribution is 2.24. The number of carbonyl (C=O) groups is 2. The summed E-state index contributed by atoms with van der Waals surface area (Å²) in [6.45, 7) is 7.03. The van der Waals surface area contributed by atoms with Crippen molar-refractivity contribution >= 4 is 23.2 Å². The number of rotatable bonds is 6. The summed E-state index contributed by atoms with van der Waals surface area (Å²) in [6.07, 6.45) is 0.411. The van der Waals surface area contributed by atoms with Gasteiger partial charge in [-0.05, 0) is 32.0 Å². The van der Waals surface area contributed by atoms with Gasteiger partial charge in [-0.15, -0.1) is 0 Å². The van der Waals surface area contributed by atoms with Crippen LogP contribution < -0.4 is 10.2 Å². The van der Waals surface area contributed by atoms with E-state index in [-0.39, 0.29) is 11.8 Å². The first-order valence-corrected chi connectivity index (χ1v) is 7.35. The minimum absolute atomic E-state index is 0.0173. The highest BCUT2D eigenvalue weighted by molar-refractivity contribution is 6.02. The molecule has 0 atom stereocenters. The van der Waals surface area contributed by atoms with Crippen molar-refractivity contribution in [3.8, 4) is 0 Å². The fourth-order valence-corrected chi connectivity index (χ4v) is 2.11. The van der Waals surface area contributed by atoms with Crippen molar-refractivity contribution in [1.29, 1.82) is 0 Å². The molecule has 0 aliphatic rings. The van der Waals surface area contributed by atoms with Gasteiger partial charge in [0.05, 0.1) is 5.56 Å². The quantitative estimate of drug-likeness (QED) is 0.876. The van der Waals surface area contributed by atoms with Gasteiger partial charge < -0.3 is 15.1 Å². The molecule has 0 radical (unpaired) electrons. The molecular weight excluding hydrogens is 266 g/mol. The highest BCUT2D eigenvalue weighted by atomic mass is 16.2. The molecule has 0 bridgehead atoms. The van der Waals surface area contributed by atoms with Crippen LogP contribution in [0.2, 0.25) is 0 Å². The van der Waals surface area contributed by atoms with E-state index in [0.717, 1.165) is 5.69 Å². The average molecular weight is 291 g/mol. The minimum atomic E-state index is -0.0613. The van der Waals surface area contributed by atoms with Crippen molar-refractivity contribution in [2.45, 2.75) is 27.2 Å². The first-order valence-electron chi connectivity index (χ1n) is 7.35. The molecule has 0 saturated carbocycles. The molecule has 0 fully saturated rings. The summed E-state index contributed by atoms with van der Waals surface area (Å²) in [7, 11) is 3.80. The predicted molar refractivity (Wildman–Crippen MR) is 86.9 cm³/mol. The predicted octanol–water partition coefficient (Wildman–Crippen LogP) is 2.58. The molecule has 5 nitrogen and oxygen atoms in total. The number of nitrogens with one attached hydrogen (secondary N) is 1. The molecule has 116 valence electrons. The van der Waals surface area contributed by atoms with Crippen LogP contribution in [0.25, 0.3) is 0 Å². The van der Waals surface area contributed by atoms with E-state index in [1.54, 1.807) is 17.9 Å². The Morgan fingerprint density at radius 3 is 2.19 bits per heavy atom. The molecule has 1 N–H and O–H groups in total. The molecule has 0 saturated heterocycles. The van der Waals surface area contributed by atoms with Crippen LogP contribution in [-0.2, 0) is 4.79 Å². The van der Waals surface area contributed by atoms with Crippen molar-refractivity contribution in [1.82, 2.24) is 4.90 Å². The lowest BCUT2D eigenvalue weighted by molar-refractivity contribution is -0.115. The summed E-state index contributed by atoms with van der Waals surface area (Å²) in [5, 5.41) is 2.80. The standard InChI is InChI=1S/C16H25N3O2/c1-6-15(20)17-12-9-10-14(18(4)5)13(11-12)16(21)19(7-2)8-3/h9-11H,6-8H2,1-5H3,(H,17,20).